The number of halogens is 1. The van der Waals surface area contributed by atoms with Gasteiger partial charge < -0.3 is 24.6 Å². The second-order valence-electron chi connectivity index (χ2n) is 6.72. The van der Waals surface area contributed by atoms with Crippen molar-refractivity contribution in [3.8, 4) is 0 Å². The molecule has 0 fully saturated rings. The summed E-state index contributed by atoms with van der Waals surface area (Å²) in [6.07, 6.45) is 1.06. The van der Waals surface area contributed by atoms with Crippen molar-refractivity contribution in [1.29, 1.82) is 0 Å². The van der Waals surface area contributed by atoms with Gasteiger partial charge in [-0.25, -0.2) is 4.79 Å². The van der Waals surface area contributed by atoms with Gasteiger partial charge in [-0.1, -0.05) is 11.6 Å². The zero-order valence-corrected chi connectivity index (χ0v) is 18.2. The van der Waals surface area contributed by atoms with E-state index in [0.717, 1.165) is 5.69 Å². The Morgan fingerprint density at radius 2 is 1.77 bits per heavy atom. The number of ether oxygens (including phenoxy) is 1. The highest BCUT2D eigenvalue weighted by molar-refractivity contribution is 7.80. The third kappa shape index (κ3) is 6.06. The summed E-state index contributed by atoms with van der Waals surface area (Å²) in [5.41, 5.74) is 2.32. The summed E-state index contributed by atoms with van der Waals surface area (Å²) in [4.78, 5) is 25.2. The molecule has 2 aromatic carbocycles. The molecule has 1 amide bonds. The summed E-state index contributed by atoms with van der Waals surface area (Å²) in [6, 6.07) is 12.8. The molecule has 10 heteroatoms. The molecular formula is C21H21ClN3O5S-. The summed E-state index contributed by atoms with van der Waals surface area (Å²) in [7, 11) is 0. The van der Waals surface area contributed by atoms with E-state index in [1.54, 1.807) is 19.1 Å². The highest BCUT2D eigenvalue weighted by Gasteiger charge is 2.31. The van der Waals surface area contributed by atoms with Crippen molar-refractivity contribution in [2.24, 2.45) is 0 Å². The lowest BCUT2D eigenvalue weighted by molar-refractivity contribution is -0.138. The molecule has 0 saturated heterocycles. The summed E-state index contributed by atoms with van der Waals surface area (Å²) in [5.74, 6) is -0.882. The first-order chi connectivity index (χ1) is 14.9. The van der Waals surface area contributed by atoms with Gasteiger partial charge in [0.05, 0.1) is 23.9 Å². The van der Waals surface area contributed by atoms with Gasteiger partial charge in [0, 0.05) is 33.2 Å². The number of hydrogen-bond acceptors (Lipinski definition) is 6. The van der Waals surface area contributed by atoms with Gasteiger partial charge in [-0.15, -0.1) is 0 Å². The van der Waals surface area contributed by atoms with Crippen LogP contribution in [0, 0.1) is 0 Å². The number of benzene rings is 2. The maximum Gasteiger partial charge on any atom is 0.335 e. The molecule has 8 nitrogen and oxygen atoms in total. The Kier molecular flexibility index (Phi) is 7.67. The lowest BCUT2D eigenvalue weighted by atomic mass is 10.1. The molecule has 0 saturated carbocycles. The number of esters is 1. The number of hydrogen-bond donors (Lipinski definition) is 3. The molecule has 0 radical (unpaired) electrons. The fourth-order valence-corrected chi connectivity index (χ4v) is 3.70. The molecule has 3 rings (SSSR count). The van der Waals surface area contributed by atoms with Crippen molar-refractivity contribution < 1.29 is 23.1 Å². The SMILES string of the molecule is CCOC(=O)C1=C(NC(=O)c2ccc(NS(=O)[O-])cc2)C(Nc2ccc(Cl)cc2)CC1. The van der Waals surface area contributed by atoms with Crippen LogP contribution >= 0.6 is 11.6 Å². The molecule has 3 N–H and O–H groups in total. The molecule has 0 heterocycles. The minimum Gasteiger partial charge on any atom is -0.755 e. The number of carbonyl (C=O) groups is 2. The maximum atomic E-state index is 12.8. The van der Waals surface area contributed by atoms with Gasteiger partial charge in [-0.3, -0.25) is 9.00 Å². The molecule has 0 spiro atoms. The van der Waals surface area contributed by atoms with E-state index in [1.165, 1.54) is 24.3 Å². The van der Waals surface area contributed by atoms with Gasteiger partial charge >= 0.3 is 5.97 Å². The number of nitrogens with one attached hydrogen (secondary N) is 3. The van der Waals surface area contributed by atoms with E-state index in [4.69, 9.17) is 16.3 Å². The Hall–Kier alpha value is -2.88. The van der Waals surface area contributed by atoms with Crippen LogP contribution in [0.3, 0.4) is 0 Å². The van der Waals surface area contributed by atoms with Crippen molar-refractivity contribution in [3.63, 3.8) is 0 Å². The van der Waals surface area contributed by atoms with Crippen LogP contribution in [-0.4, -0.2) is 33.3 Å². The van der Waals surface area contributed by atoms with Crippen molar-refractivity contribution in [2.45, 2.75) is 25.8 Å². The average molecular weight is 463 g/mol. The Bertz CT molecular complexity index is 1010. The van der Waals surface area contributed by atoms with Crippen LogP contribution in [0.25, 0.3) is 0 Å². The molecule has 0 aliphatic heterocycles. The van der Waals surface area contributed by atoms with Crippen LogP contribution in [0.15, 0.2) is 59.8 Å². The van der Waals surface area contributed by atoms with Gasteiger partial charge in [-0.05, 0) is 68.3 Å². The zero-order valence-electron chi connectivity index (χ0n) is 16.6. The molecule has 1 aliphatic rings. The van der Waals surface area contributed by atoms with Gasteiger partial charge in [0.2, 0.25) is 0 Å². The van der Waals surface area contributed by atoms with Gasteiger partial charge in [0.25, 0.3) is 5.91 Å². The van der Waals surface area contributed by atoms with E-state index in [2.05, 4.69) is 15.4 Å². The third-order valence-corrected chi connectivity index (χ3v) is 5.31. The molecule has 0 bridgehead atoms. The lowest BCUT2D eigenvalue weighted by Gasteiger charge is -2.20. The summed E-state index contributed by atoms with van der Waals surface area (Å²) < 4.78 is 28.8. The predicted octanol–water partition coefficient (Wildman–Crippen LogP) is 3.37. The van der Waals surface area contributed by atoms with Crippen molar-refractivity contribution in [2.75, 3.05) is 16.6 Å². The maximum absolute atomic E-state index is 12.8. The molecule has 31 heavy (non-hydrogen) atoms. The van der Waals surface area contributed by atoms with Crippen LogP contribution in [-0.2, 0) is 20.8 Å². The second-order valence-corrected chi connectivity index (χ2v) is 7.83. The first-order valence-electron chi connectivity index (χ1n) is 9.57. The first kappa shape index (κ1) is 22.8. The number of rotatable bonds is 8. The fraction of sp³-hybridized carbons (Fsp3) is 0.238. The average Bonchev–Trinajstić information content (AvgIpc) is 3.12. The predicted molar refractivity (Wildman–Crippen MR) is 118 cm³/mol. The lowest BCUT2D eigenvalue weighted by Crippen LogP contribution is -2.33. The van der Waals surface area contributed by atoms with E-state index < -0.39 is 23.1 Å². The minimum atomic E-state index is -2.45. The van der Waals surface area contributed by atoms with E-state index >= 15 is 0 Å². The molecule has 0 aromatic heterocycles. The zero-order chi connectivity index (χ0) is 22.4. The van der Waals surface area contributed by atoms with E-state index in [0.29, 0.717) is 40.4 Å². The molecule has 164 valence electrons. The molecule has 2 unspecified atom stereocenters. The standard InChI is InChI=1S/C21H22ClN3O5S/c1-2-30-21(27)17-11-12-18(23-15-9-5-14(22)6-10-15)19(17)24-20(26)13-3-7-16(8-4-13)25-31(28)29/h3-10,18,23,25H,2,11-12H2,1H3,(H,24,26)(H,28,29)/p-1. The topological polar surface area (TPSA) is 120 Å². The van der Waals surface area contributed by atoms with Crippen LogP contribution in [0.2, 0.25) is 5.02 Å². The van der Waals surface area contributed by atoms with E-state index in [9.17, 15) is 18.4 Å². The monoisotopic (exact) mass is 462 g/mol. The second kappa shape index (κ2) is 10.4. The van der Waals surface area contributed by atoms with E-state index in [-0.39, 0.29) is 12.6 Å². The molecule has 1 aliphatic carbocycles. The molecule has 2 atom stereocenters. The van der Waals surface area contributed by atoms with Crippen LogP contribution in [0.1, 0.15) is 30.1 Å². The summed E-state index contributed by atoms with van der Waals surface area (Å²) in [6.45, 7) is 1.95. The Morgan fingerprint density at radius 3 is 2.39 bits per heavy atom. The molecule has 2 aromatic rings. The summed E-state index contributed by atoms with van der Waals surface area (Å²) >= 11 is 3.49. The summed E-state index contributed by atoms with van der Waals surface area (Å²) in [5, 5.41) is 6.75. The van der Waals surface area contributed by atoms with Crippen LogP contribution in [0.5, 0.6) is 0 Å². The van der Waals surface area contributed by atoms with Crippen molar-refractivity contribution in [1.82, 2.24) is 5.32 Å². The minimum absolute atomic E-state index is 0.231. The quantitative estimate of drug-likeness (QED) is 0.408. The van der Waals surface area contributed by atoms with E-state index in [1.807, 2.05) is 12.1 Å². The van der Waals surface area contributed by atoms with Gasteiger partial charge in [-0.2, -0.15) is 0 Å². The third-order valence-electron chi connectivity index (χ3n) is 4.66. The number of amides is 1. The number of carbonyl (C=O) groups excluding carboxylic acids is 2. The van der Waals surface area contributed by atoms with Gasteiger partial charge in [0.15, 0.2) is 0 Å². The highest BCUT2D eigenvalue weighted by Crippen LogP contribution is 2.29. The van der Waals surface area contributed by atoms with Crippen LogP contribution in [0.4, 0.5) is 11.4 Å². The Balaban J connectivity index is 1.81. The largest absolute Gasteiger partial charge is 0.755 e. The Morgan fingerprint density at radius 1 is 1.13 bits per heavy atom. The highest BCUT2D eigenvalue weighted by atomic mass is 35.5. The van der Waals surface area contributed by atoms with Crippen molar-refractivity contribution >= 4 is 46.1 Å². The number of anilines is 2. The van der Waals surface area contributed by atoms with Crippen molar-refractivity contribution in [3.05, 3.63) is 70.4 Å². The van der Waals surface area contributed by atoms with Gasteiger partial charge in [0.1, 0.15) is 0 Å². The molecular weight excluding hydrogens is 442 g/mol. The van der Waals surface area contributed by atoms with Crippen LogP contribution < -0.4 is 15.4 Å². The first-order valence-corrected chi connectivity index (χ1v) is 11.0. The fourth-order valence-electron chi connectivity index (χ4n) is 3.24. The smallest absolute Gasteiger partial charge is 0.335 e. The normalized spacial score (nSPS) is 16.5. The Labute approximate surface area is 187 Å².